The molecule has 142 valence electrons. The first kappa shape index (κ1) is 18.8. The maximum absolute atomic E-state index is 12.8. The number of aryl methyl sites for hydroxylation is 1. The van der Waals surface area contributed by atoms with Crippen molar-refractivity contribution in [3.05, 3.63) is 47.7 Å². The number of hydrogen-bond donors (Lipinski definition) is 0. The molecule has 1 saturated heterocycles. The Morgan fingerprint density at radius 3 is 2.56 bits per heavy atom. The van der Waals surface area contributed by atoms with Crippen LogP contribution in [0.4, 0.5) is 5.82 Å². The predicted octanol–water partition coefficient (Wildman–Crippen LogP) is 0.773. The number of carbonyl (C=O) groups is 2. The third-order valence-electron chi connectivity index (χ3n) is 4.67. The minimum atomic E-state index is -0.116. The summed E-state index contributed by atoms with van der Waals surface area (Å²) in [5.74, 6) is 1.18. The molecule has 0 aliphatic carbocycles. The lowest BCUT2D eigenvalue weighted by Crippen LogP contribution is -2.48. The third-order valence-corrected chi connectivity index (χ3v) is 4.67. The van der Waals surface area contributed by atoms with Crippen molar-refractivity contribution in [2.24, 2.45) is 0 Å². The highest BCUT2D eigenvalue weighted by Gasteiger charge is 2.23. The van der Waals surface area contributed by atoms with E-state index in [1.165, 1.54) is 5.56 Å². The van der Waals surface area contributed by atoms with Crippen molar-refractivity contribution in [2.75, 3.05) is 44.7 Å². The van der Waals surface area contributed by atoms with E-state index in [0.717, 1.165) is 25.2 Å². The second kappa shape index (κ2) is 8.57. The lowest BCUT2D eigenvalue weighted by atomic mass is 10.2. The van der Waals surface area contributed by atoms with Crippen molar-refractivity contribution in [1.82, 2.24) is 24.8 Å². The molecule has 0 saturated carbocycles. The number of rotatable bonds is 6. The molecule has 8 nitrogen and oxygen atoms in total. The quantitative estimate of drug-likeness (QED) is 0.701. The van der Waals surface area contributed by atoms with E-state index in [1.807, 2.05) is 24.1 Å². The Kier molecular flexibility index (Phi) is 5.95. The summed E-state index contributed by atoms with van der Waals surface area (Å²) in [5.41, 5.74) is 1.60. The molecular weight excluding hydrogens is 344 g/mol. The molecule has 0 spiro atoms. The average Bonchev–Trinajstić information content (AvgIpc) is 2.71. The second-order valence-electron chi connectivity index (χ2n) is 6.62. The van der Waals surface area contributed by atoms with Gasteiger partial charge in [0.05, 0.1) is 0 Å². The Morgan fingerprint density at radius 1 is 1.19 bits per heavy atom. The van der Waals surface area contributed by atoms with Crippen LogP contribution in [0.1, 0.15) is 21.9 Å². The van der Waals surface area contributed by atoms with Gasteiger partial charge in [0.1, 0.15) is 17.3 Å². The van der Waals surface area contributed by atoms with Crippen LogP contribution in [0, 0.1) is 6.92 Å². The Bertz CT molecular complexity index is 790. The molecule has 2 aromatic rings. The molecule has 3 heterocycles. The highest BCUT2D eigenvalue weighted by Crippen LogP contribution is 2.15. The number of aromatic nitrogens is 3. The lowest BCUT2D eigenvalue weighted by Gasteiger charge is -2.32. The number of amides is 2. The molecule has 2 amide bonds. The number of piperazine rings is 1. The molecule has 1 aliphatic heterocycles. The molecule has 3 rings (SSSR count). The van der Waals surface area contributed by atoms with E-state index in [9.17, 15) is 9.59 Å². The molecule has 0 N–H and O–H groups in total. The maximum Gasteiger partial charge on any atom is 0.272 e. The normalized spacial score (nSPS) is 14.1. The van der Waals surface area contributed by atoms with Crippen LogP contribution in [0.2, 0.25) is 0 Å². The van der Waals surface area contributed by atoms with E-state index in [2.05, 4.69) is 15.0 Å². The zero-order valence-electron chi connectivity index (χ0n) is 15.7. The number of nitrogens with zero attached hydrogens (tertiary/aromatic N) is 6. The van der Waals surface area contributed by atoms with Crippen molar-refractivity contribution in [3.8, 4) is 0 Å². The highest BCUT2D eigenvalue weighted by atomic mass is 16.2. The van der Waals surface area contributed by atoms with Crippen molar-refractivity contribution in [1.29, 1.82) is 0 Å². The molecule has 1 aliphatic rings. The molecular formula is C19H24N6O2. The Labute approximate surface area is 158 Å². The fraction of sp³-hybridized carbons (Fsp3) is 0.421. The summed E-state index contributed by atoms with van der Waals surface area (Å²) in [6, 6.07) is 5.73. The minimum absolute atomic E-state index is 0.116. The fourth-order valence-electron chi connectivity index (χ4n) is 3.01. The molecule has 0 atom stereocenters. The van der Waals surface area contributed by atoms with Crippen LogP contribution in [0.25, 0.3) is 0 Å². The van der Waals surface area contributed by atoms with E-state index in [-0.39, 0.29) is 5.91 Å². The Morgan fingerprint density at radius 2 is 1.89 bits per heavy atom. The number of carbonyl (C=O) groups excluding carboxylic acids is 2. The van der Waals surface area contributed by atoms with Gasteiger partial charge >= 0.3 is 0 Å². The molecule has 2 aromatic heterocycles. The molecule has 1 fully saturated rings. The van der Waals surface area contributed by atoms with Crippen molar-refractivity contribution in [3.63, 3.8) is 0 Å². The van der Waals surface area contributed by atoms with Crippen LogP contribution < -0.4 is 4.90 Å². The van der Waals surface area contributed by atoms with E-state index in [1.54, 1.807) is 35.2 Å². The zero-order valence-corrected chi connectivity index (χ0v) is 15.7. The lowest BCUT2D eigenvalue weighted by molar-refractivity contribution is -0.119. The van der Waals surface area contributed by atoms with Gasteiger partial charge in [-0.3, -0.25) is 14.6 Å². The van der Waals surface area contributed by atoms with Crippen LogP contribution in [-0.2, 0) is 11.2 Å². The predicted molar refractivity (Wildman–Crippen MR) is 102 cm³/mol. The summed E-state index contributed by atoms with van der Waals surface area (Å²) >= 11 is 0. The summed E-state index contributed by atoms with van der Waals surface area (Å²) in [6.45, 7) is 4.71. The van der Waals surface area contributed by atoms with Gasteiger partial charge in [-0.1, -0.05) is 0 Å². The molecule has 0 radical (unpaired) electrons. The molecule has 0 aromatic carbocycles. The number of likely N-dealkylation sites (N-methyl/N-ethyl adjacent to an activating group) is 1. The first-order chi connectivity index (χ1) is 13.1. The average molecular weight is 368 g/mol. The van der Waals surface area contributed by atoms with Crippen molar-refractivity contribution in [2.45, 2.75) is 13.3 Å². The zero-order chi connectivity index (χ0) is 19.2. The largest absolute Gasteiger partial charge is 0.359 e. The summed E-state index contributed by atoms with van der Waals surface area (Å²) in [6.07, 6.45) is 5.25. The molecule has 8 heteroatoms. The second-order valence-corrected chi connectivity index (χ2v) is 6.62. The first-order valence-electron chi connectivity index (χ1n) is 9.01. The molecule has 0 bridgehead atoms. The van der Waals surface area contributed by atoms with Gasteiger partial charge in [-0.2, -0.15) is 0 Å². The standard InChI is InChI=1S/C19H24N6O2/c1-15-21-17(19(27)25-11-9-24(14-26)10-12-25)13-18(22-15)23(2)8-5-16-3-6-20-7-4-16/h3-4,6-7,13-14H,5,8-12H2,1-2H3. The van der Waals surface area contributed by atoms with Gasteiger partial charge in [0.2, 0.25) is 6.41 Å². The van der Waals surface area contributed by atoms with Gasteiger partial charge in [0.15, 0.2) is 0 Å². The maximum atomic E-state index is 12.8. The van der Waals surface area contributed by atoms with Crippen LogP contribution in [0.3, 0.4) is 0 Å². The van der Waals surface area contributed by atoms with Crippen molar-refractivity contribution < 1.29 is 9.59 Å². The topological polar surface area (TPSA) is 82.5 Å². The van der Waals surface area contributed by atoms with Crippen molar-refractivity contribution >= 4 is 18.1 Å². The minimum Gasteiger partial charge on any atom is -0.359 e. The monoisotopic (exact) mass is 368 g/mol. The highest BCUT2D eigenvalue weighted by molar-refractivity contribution is 5.93. The van der Waals surface area contributed by atoms with Gasteiger partial charge in [-0.05, 0) is 31.0 Å². The van der Waals surface area contributed by atoms with E-state index < -0.39 is 0 Å². The van der Waals surface area contributed by atoms with Gasteiger partial charge in [0.25, 0.3) is 5.91 Å². The summed E-state index contributed by atoms with van der Waals surface area (Å²) in [5, 5.41) is 0. The number of pyridine rings is 1. The fourth-order valence-corrected chi connectivity index (χ4v) is 3.01. The van der Waals surface area contributed by atoms with E-state index in [0.29, 0.717) is 37.7 Å². The Balaban J connectivity index is 1.68. The smallest absolute Gasteiger partial charge is 0.272 e. The first-order valence-corrected chi connectivity index (χ1v) is 9.01. The number of anilines is 1. The molecule has 27 heavy (non-hydrogen) atoms. The summed E-state index contributed by atoms with van der Waals surface area (Å²) in [4.78, 5) is 41.9. The van der Waals surface area contributed by atoms with Gasteiger partial charge in [-0.25, -0.2) is 9.97 Å². The van der Waals surface area contributed by atoms with Crippen LogP contribution in [-0.4, -0.2) is 76.8 Å². The van der Waals surface area contributed by atoms with Crippen LogP contribution >= 0.6 is 0 Å². The van der Waals surface area contributed by atoms with Gasteiger partial charge in [-0.15, -0.1) is 0 Å². The molecule has 0 unspecified atom stereocenters. The van der Waals surface area contributed by atoms with E-state index in [4.69, 9.17) is 0 Å². The van der Waals surface area contributed by atoms with Gasteiger partial charge in [0, 0.05) is 58.2 Å². The SMILES string of the molecule is Cc1nc(C(=O)N2CCN(C=O)CC2)cc(N(C)CCc2ccncc2)n1. The van der Waals surface area contributed by atoms with Gasteiger partial charge < -0.3 is 14.7 Å². The van der Waals surface area contributed by atoms with Crippen LogP contribution in [0.5, 0.6) is 0 Å². The number of hydrogen-bond acceptors (Lipinski definition) is 6. The summed E-state index contributed by atoms with van der Waals surface area (Å²) in [7, 11) is 1.96. The summed E-state index contributed by atoms with van der Waals surface area (Å²) < 4.78 is 0. The Hall–Kier alpha value is -3.03. The third kappa shape index (κ3) is 4.78. The van der Waals surface area contributed by atoms with E-state index >= 15 is 0 Å². The van der Waals surface area contributed by atoms with Crippen LogP contribution in [0.15, 0.2) is 30.6 Å².